The molecule has 1 saturated heterocycles. The Morgan fingerprint density at radius 2 is 2.21 bits per heavy atom. The number of nitro benzene ring substituents is 1. The van der Waals surface area contributed by atoms with Crippen LogP contribution in [0.1, 0.15) is 24.8 Å². The van der Waals surface area contributed by atoms with Gasteiger partial charge in [-0.1, -0.05) is 12.1 Å². The summed E-state index contributed by atoms with van der Waals surface area (Å²) in [4.78, 5) is 16.9. The van der Waals surface area contributed by atoms with E-state index in [1.165, 1.54) is 6.07 Å². The van der Waals surface area contributed by atoms with Crippen LogP contribution in [0.3, 0.4) is 0 Å². The van der Waals surface area contributed by atoms with Crippen LogP contribution in [-0.2, 0) is 11.3 Å². The number of rotatable bonds is 6. The van der Waals surface area contributed by atoms with E-state index in [4.69, 9.17) is 4.74 Å². The Labute approximate surface area is 142 Å². The fourth-order valence-corrected chi connectivity index (χ4v) is 2.86. The summed E-state index contributed by atoms with van der Waals surface area (Å²) in [7, 11) is 3.77. The van der Waals surface area contributed by atoms with E-state index < -0.39 is 0 Å². The second kappa shape index (κ2) is 9.22. The lowest BCUT2D eigenvalue weighted by Gasteiger charge is -2.26. The van der Waals surface area contributed by atoms with Gasteiger partial charge in [-0.3, -0.25) is 15.1 Å². The van der Waals surface area contributed by atoms with Crippen LogP contribution in [0.5, 0.6) is 0 Å². The Hall–Kier alpha value is -2.15. The molecule has 0 bridgehead atoms. The number of non-ortho nitro benzene ring substituents is 1. The van der Waals surface area contributed by atoms with E-state index in [9.17, 15) is 10.1 Å². The molecule has 7 nitrogen and oxygen atoms in total. The van der Waals surface area contributed by atoms with Crippen molar-refractivity contribution < 1.29 is 9.66 Å². The molecular formula is C17H26N4O3. The number of guanidine groups is 1. The summed E-state index contributed by atoms with van der Waals surface area (Å²) in [6.07, 6.45) is 3.39. The first-order valence-corrected chi connectivity index (χ1v) is 8.33. The van der Waals surface area contributed by atoms with Crippen molar-refractivity contribution in [3.63, 3.8) is 0 Å². The Balaban J connectivity index is 1.82. The molecule has 7 heteroatoms. The fourth-order valence-electron chi connectivity index (χ4n) is 2.86. The normalized spacial score (nSPS) is 16.0. The largest absolute Gasteiger partial charge is 0.381 e. The second-order valence-electron chi connectivity index (χ2n) is 6.09. The van der Waals surface area contributed by atoms with Gasteiger partial charge in [-0.2, -0.15) is 0 Å². The summed E-state index contributed by atoms with van der Waals surface area (Å²) in [5.41, 5.74) is 0.973. The summed E-state index contributed by atoms with van der Waals surface area (Å²) in [6.45, 7) is 3.18. The van der Waals surface area contributed by atoms with Crippen LogP contribution in [0, 0.1) is 16.0 Å². The molecule has 1 fully saturated rings. The third kappa shape index (κ3) is 5.49. The van der Waals surface area contributed by atoms with E-state index in [2.05, 4.69) is 15.2 Å². The SMILES string of the molecule is CN=C(NCc1cccc([N+](=O)[O-])c1)N(C)CCC1CCOCC1. The van der Waals surface area contributed by atoms with Crippen molar-refractivity contribution in [1.29, 1.82) is 0 Å². The maximum atomic E-state index is 10.8. The molecule has 1 aliphatic heterocycles. The highest BCUT2D eigenvalue weighted by atomic mass is 16.6. The number of nitrogens with zero attached hydrogens (tertiary/aromatic N) is 3. The standard InChI is InChI=1S/C17H26N4O3/c1-18-17(20(2)9-6-14-7-10-24-11-8-14)19-13-15-4-3-5-16(12-15)21(22)23/h3-5,12,14H,6-11,13H2,1-2H3,(H,18,19). The molecule has 1 aromatic carbocycles. The summed E-state index contributed by atoms with van der Waals surface area (Å²) >= 11 is 0. The monoisotopic (exact) mass is 334 g/mol. The lowest BCUT2D eigenvalue weighted by Crippen LogP contribution is -2.39. The quantitative estimate of drug-likeness (QED) is 0.374. The number of nitrogens with one attached hydrogen (secondary N) is 1. The van der Waals surface area contributed by atoms with Crippen molar-refractivity contribution in [1.82, 2.24) is 10.2 Å². The molecule has 2 rings (SSSR count). The predicted molar refractivity (Wildman–Crippen MR) is 94.1 cm³/mol. The molecular weight excluding hydrogens is 308 g/mol. The van der Waals surface area contributed by atoms with Gasteiger partial charge in [-0.05, 0) is 30.7 Å². The van der Waals surface area contributed by atoms with E-state index >= 15 is 0 Å². The van der Waals surface area contributed by atoms with Gasteiger partial charge in [0.1, 0.15) is 0 Å². The Morgan fingerprint density at radius 3 is 2.88 bits per heavy atom. The molecule has 0 unspecified atom stereocenters. The van der Waals surface area contributed by atoms with Crippen molar-refractivity contribution in [2.24, 2.45) is 10.9 Å². The highest BCUT2D eigenvalue weighted by Crippen LogP contribution is 2.18. The van der Waals surface area contributed by atoms with Crippen LogP contribution >= 0.6 is 0 Å². The van der Waals surface area contributed by atoms with E-state index in [0.29, 0.717) is 6.54 Å². The predicted octanol–water partition coefficient (Wildman–Crippen LogP) is 2.42. The van der Waals surface area contributed by atoms with Crippen molar-refractivity contribution in [3.05, 3.63) is 39.9 Å². The molecule has 1 N–H and O–H groups in total. The van der Waals surface area contributed by atoms with Gasteiger partial charge in [-0.25, -0.2) is 0 Å². The second-order valence-corrected chi connectivity index (χ2v) is 6.09. The Bertz CT molecular complexity index is 571. The number of benzene rings is 1. The number of nitro groups is 1. The molecule has 1 aromatic rings. The van der Waals surface area contributed by atoms with Crippen LogP contribution < -0.4 is 5.32 Å². The minimum Gasteiger partial charge on any atom is -0.381 e. The minimum atomic E-state index is -0.377. The molecule has 132 valence electrons. The highest BCUT2D eigenvalue weighted by Gasteiger charge is 2.15. The topological polar surface area (TPSA) is 80.0 Å². The maximum Gasteiger partial charge on any atom is 0.269 e. The van der Waals surface area contributed by atoms with Gasteiger partial charge in [0.15, 0.2) is 5.96 Å². The van der Waals surface area contributed by atoms with E-state index in [1.54, 1.807) is 19.2 Å². The van der Waals surface area contributed by atoms with Gasteiger partial charge in [-0.15, -0.1) is 0 Å². The molecule has 0 saturated carbocycles. The van der Waals surface area contributed by atoms with Gasteiger partial charge in [0.05, 0.1) is 4.92 Å². The highest BCUT2D eigenvalue weighted by molar-refractivity contribution is 5.79. The smallest absolute Gasteiger partial charge is 0.269 e. The van der Waals surface area contributed by atoms with Crippen LogP contribution in [0.15, 0.2) is 29.3 Å². The van der Waals surface area contributed by atoms with Gasteiger partial charge >= 0.3 is 0 Å². The zero-order valence-electron chi connectivity index (χ0n) is 14.4. The van der Waals surface area contributed by atoms with Crippen LogP contribution in [0.25, 0.3) is 0 Å². The number of hydrogen-bond donors (Lipinski definition) is 1. The van der Waals surface area contributed by atoms with Crippen LogP contribution in [0.2, 0.25) is 0 Å². The lowest BCUT2D eigenvalue weighted by molar-refractivity contribution is -0.384. The van der Waals surface area contributed by atoms with Gasteiger partial charge < -0.3 is 15.0 Å². The number of aliphatic imine (C=N–C) groups is 1. The fraction of sp³-hybridized carbons (Fsp3) is 0.588. The Morgan fingerprint density at radius 1 is 1.46 bits per heavy atom. The zero-order chi connectivity index (χ0) is 17.4. The first-order chi connectivity index (χ1) is 11.6. The summed E-state index contributed by atoms with van der Waals surface area (Å²) in [5, 5.41) is 14.1. The van der Waals surface area contributed by atoms with E-state index in [-0.39, 0.29) is 10.6 Å². The molecule has 0 amide bonds. The van der Waals surface area contributed by atoms with Crippen LogP contribution in [-0.4, -0.2) is 49.6 Å². The van der Waals surface area contributed by atoms with Gasteiger partial charge in [0.2, 0.25) is 0 Å². The molecule has 1 heterocycles. The van der Waals surface area contributed by atoms with Crippen LogP contribution in [0.4, 0.5) is 5.69 Å². The lowest BCUT2D eigenvalue weighted by atomic mass is 9.96. The molecule has 0 atom stereocenters. The third-order valence-corrected chi connectivity index (χ3v) is 4.36. The number of hydrogen-bond acceptors (Lipinski definition) is 4. The molecule has 0 spiro atoms. The molecule has 24 heavy (non-hydrogen) atoms. The molecule has 0 radical (unpaired) electrons. The van der Waals surface area contributed by atoms with E-state index in [1.807, 2.05) is 13.1 Å². The first kappa shape index (κ1) is 18.2. The van der Waals surface area contributed by atoms with Gasteiger partial charge in [0, 0.05) is 52.5 Å². The van der Waals surface area contributed by atoms with Crippen molar-refractivity contribution in [2.45, 2.75) is 25.8 Å². The van der Waals surface area contributed by atoms with Crippen molar-refractivity contribution in [2.75, 3.05) is 33.9 Å². The summed E-state index contributed by atoms with van der Waals surface area (Å²) < 4.78 is 5.39. The van der Waals surface area contributed by atoms with Gasteiger partial charge in [0.25, 0.3) is 5.69 Å². The zero-order valence-corrected chi connectivity index (χ0v) is 14.4. The molecule has 0 aliphatic carbocycles. The van der Waals surface area contributed by atoms with E-state index in [0.717, 1.165) is 56.5 Å². The molecule has 0 aromatic heterocycles. The molecule has 1 aliphatic rings. The third-order valence-electron chi connectivity index (χ3n) is 4.36. The average molecular weight is 334 g/mol. The first-order valence-electron chi connectivity index (χ1n) is 8.33. The summed E-state index contributed by atoms with van der Waals surface area (Å²) in [6, 6.07) is 6.66. The average Bonchev–Trinajstić information content (AvgIpc) is 2.61. The number of ether oxygens (including phenoxy) is 1. The summed E-state index contributed by atoms with van der Waals surface area (Å²) in [5.74, 6) is 1.52. The van der Waals surface area contributed by atoms with Crippen molar-refractivity contribution >= 4 is 11.6 Å². The van der Waals surface area contributed by atoms with Crippen molar-refractivity contribution in [3.8, 4) is 0 Å². The maximum absolute atomic E-state index is 10.8. The minimum absolute atomic E-state index is 0.108. The Kier molecular flexibility index (Phi) is 6.99.